The summed E-state index contributed by atoms with van der Waals surface area (Å²) in [5.74, 6) is -3.05. The van der Waals surface area contributed by atoms with Crippen molar-refractivity contribution in [2.75, 3.05) is 12.4 Å². The van der Waals surface area contributed by atoms with Crippen LogP contribution in [0.5, 0.6) is 5.75 Å². The van der Waals surface area contributed by atoms with E-state index < -0.39 is 21.7 Å². The largest absolute Gasteiger partial charge is 0.490 e. The van der Waals surface area contributed by atoms with Crippen molar-refractivity contribution in [3.63, 3.8) is 0 Å². The van der Waals surface area contributed by atoms with Crippen LogP contribution in [0, 0.1) is 17.6 Å². The highest BCUT2D eigenvalue weighted by Crippen LogP contribution is 2.26. The number of hydrogen-bond acceptors (Lipinski definition) is 3. The van der Waals surface area contributed by atoms with Gasteiger partial charge in [-0.25, -0.2) is 17.9 Å². The van der Waals surface area contributed by atoms with E-state index in [1.165, 1.54) is 6.07 Å². The molecule has 1 atom stereocenters. The van der Waals surface area contributed by atoms with Gasteiger partial charge in [0.2, 0.25) is 15.8 Å². The first-order valence-corrected chi connectivity index (χ1v) is 8.01. The number of rotatable bonds is 6. The van der Waals surface area contributed by atoms with Gasteiger partial charge in [-0.05, 0) is 18.6 Å². The molecule has 2 N–H and O–H groups in total. The maximum absolute atomic E-state index is 13.4. The van der Waals surface area contributed by atoms with Crippen molar-refractivity contribution >= 4 is 26.0 Å². The molecule has 0 amide bonds. The van der Waals surface area contributed by atoms with E-state index in [0.717, 1.165) is 6.07 Å². The normalized spacial score (nSPS) is 13.3. The Morgan fingerprint density at radius 3 is 2.58 bits per heavy atom. The minimum absolute atomic E-state index is 0.0558. The van der Waals surface area contributed by atoms with Gasteiger partial charge in [-0.1, -0.05) is 22.9 Å². The summed E-state index contributed by atoms with van der Waals surface area (Å²) in [6.07, 6.45) is 0.495. The topological polar surface area (TPSA) is 69.4 Å². The Morgan fingerprint density at radius 2 is 2.05 bits per heavy atom. The summed E-state index contributed by atoms with van der Waals surface area (Å²) < 4.78 is 53.9. The summed E-state index contributed by atoms with van der Waals surface area (Å²) in [6, 6.07) is 2.26. The minimum atomic E-state index is -3.62. The van der Waals surface area contributed by atoms with E-state index in [-0.39, 0.29) is 24.0 Å². The van der Waals surface area contributed by atoms with Gasteiger partial charge in [-0.3, -0.25) is 0 Å². The fourth-order valence-corrected chi connectivity index (χ4v) is 2.86. The third-order valence-corrected chi connectivity index (χ3v) is 3.87. The lowest BCUT2D eigenvalue weighted by Crippen LogP contribution is -2.26. The zero-order valence-electron chi connectivity index (χ0n) is 10.2. The molecule has 0 heterocycles. The molecule has 0 radical (unpaired) electrons. The van der Waals surface area contributed by atoms with Gasteiger partial charge >= 0.3 is 0 Å². The van der Waals surface area contributed by atoms with Gasteiger partial charge in [0.25, 0.3) is 0 Å². The third kappa shape index (κ3) is 5.42. The minimum Gasteiger partial charge on any atom is -0.490 e. The highest BCUT2D eigenvalue weighted by Gasteiger charge is 2.17. The predicted octanol–water partition coefficient (Wildman–Crippen LogP) is 2.42. The molecular weight excluding hydrogens is 344 g/mol. The van der Waals surface area contributed by atoms with Crippen LogP contribution in [0.15, 0.2) is 16.6 Å². The Bertz CT molecular complexity index is 551. The number of ether oxygens (including phenoxy) is 1. The molecule has 0 aliphatic heterocycles. The summed E-state index contributed by atoms with van der Waals surface area (Å²) in [7, 11) is -3.62. The molecule has 1 rings (SSSR count). The third-order valence-electron chi connectivity index (χ3n) is 2.48. The fraction of sp³-hybridized carbons (Fsp3) is 0.455. The van der Waals surface area contributed by atoms with E-state index in [4.69, 9.17) is 9.88 Å². The molecule has 0 fully saturated rings. The molecule has 0 saturated carbocycles. The summed E-state index contributed by atoms with van der Waals surface area (Å²) in [4.78, 5) is 0. The van der Waals surface area contributed by atoms with Crippen molar-refractivity contribution in [2.45, 2.75) is 13.3 Å². The van der Waals surface area contributed by atoms with Crippen LogP contribution in [0.3, 0.4) is 0 Å². The van der Waals surface area contributed by atoms with Crippen LogP contribution < -0.4 is 9.88 Å². The predicted molar refractivity (Wildman–Crippen MR) is 71.3 cm³/mol. The molecule has 0 aliphatic rings. The summed E-state index contributed by atoms with van der Waals surface area (Å²) in [5, 5.41) is 4.93. The Labute approximate surface area is 119 Å². The number of nitrogens with two attached hydrogens (primary N) is 1. The Hall–Kier alpha value is -0.730. The molecular formula is C11H14BrF2NO3S. The van der Waals surface area contributed by atoms with Crippen molar-refractivity contribution in [1.29, 1.82) is 0 Å². The van der Waals surface area contributed by atoms with Crippen molar-refractivity contribution in [3.8, 4) is 5.75 Å². The van der Waals surface area contributed by atoms with Gasteiger partial charge in [0, 0.05) is 10.4 Å². The number of benzene rings is 1. The number of primary sulfonamides is 1. The Balaban J connectivity index is 2.75. The van der Waals surface area contributed by atoms with Crippen molar-refractivity contribution in [1.82, 2.24) is 0 Å². The van der Waals surface area contributed by atoms with Gasteiger partial charge in [0.1, 0.15) is 0 Å². The number of sulfonamides is 1. The maximum Gasteiger partial charge on any atom is 0.209 e. The van der Waals surface area contributed by atoms with Gasteiger partial charge in [0.15, 0.2) is 11.6 Å². The van der Waals surface area contributed by atoms with Gasteiger partial charge in [0.05, 0.1) is 12.4 Å². The molecule has 1 unspecified atom stereocenters. The first-order chi connectivity index (χ1) is 8.73. The fourth-order valence-electron chi connectivity index (χ4n) is 1.46. The standard InChI is InChI=1S/C11H14BrF2NO3S/c1-2-7(6-19(15,16)17)5-18-10-4-8(12)3-9(13)11(10)14/h3-4,7H,2,5-6H2,1H3,(H2,15,16,17). The van der Waals surface area contributed by atoms with Crippen molar-refractivity contribution in [2.24, 2.45) is 11.1 Å². The summed E-state index contributed by atoms with van der Waals surface area (Å²) >= 11 is 3.02. The van der Waals surface area contributed by atoms with Crippen molar-refractivity contribution < 1.29 is 21.9 Å². The maximum atomic E-state index is 13.4. The monoisotopic (exact) mass is 357 g/mol. The highest BCUT2D eigenvalue weighted by molar-refractivity contribution is 9.10. The Morgan fingerprint density at radius 1 is 1.42 bits per heavy atom. The van der Waals surface area contributed by atoms with E-state index >= 15 is 0 Å². The second-order valence-electron chi connectivity index (χ2n) is 4.11. The van der Waals surface area contributed by atoms with E-state index in [2.05, 4.69) is 15.9 Å². The summed E-state index contributed by atoms with van der Waals surface area (Å²) in [5.41, 5.74) is 0. The molecule has 0 spiro atoms. The average molecular weight is 358 g/mol. The molecule has 19 heavy (non-hydrogen) atoms. The molecule has 1 aromatic carbocycles. The van der Waals surface area contributed by atoms with Gasteiger partial charge < -0.3 is 4.74 Å². The van der Waals surface area contributed by atoms with Crippen LogP contribution in [0.4, 0.5) is 8.78 Å². The van der Waals surface area contributed by atoms with Crippen LogP contribution in [0.1, 0.15) is 13.3 Å². The number of halogens is 3. The molecule has 1 aromatic rings. The zero-order valence-corrected chi connectivity index (χ0v) is 12.6. The molecule has 0 aliphatic carbocycles. The molecule has 0 aromatic heterocycles. The van der Waals surface area contributed by atoms with Crippen LogP contribution >= 0.6 is 15.9 Å². The molecule has 4 nitrogen and oxygen atoms in total. The second-order valence-corrected chi connectivity index (χ2v) is 6.69. The quantitative estimate of drug-likeness (QED) is 0.794. The van der Waals surface area contributed by atoms with Crippen molar-refractivity contribution in [3.05, 3.63) is 28.2 Å². The average Bonchev–Trinajstić information content (AvgIpc) is 2.28. The lowest BCUT2D eigenvalue weighted by Gasteiger charge is -2.15. The van der Waals surface area contributed by atoms with Crippen LogP contribution in [-0.2, 0) is 10.0 Å². The van der Waals surface area contributed by atoms with E-state index in [0.29, 0.717) is 10.9 Å². The molecule has 0 saturated heterocycles. The van der Waals surface area contributed by atoms with Crippen LogP contribution in [0.2, 0.25) is 0 Å². The van der Waals surface area contributed by atoms with E-state index in [1.54, 1.807) is 6.92 Å². The second kappa shape index (κ2) is 6.62. The smallest absolute Gasteiger partial charge is 0.209 e. The Kier molecular flexibility index (Phi) is 5.69. The molecule has 8 heteroatoms. The zero-order chi connectivity index (χ0) is 14.6. The summed E-state index contributed by atoms with van der Waals surface area (Å²) in [6.45, 7) is 1.71. The highest BCUT2D eigenvalue weighted by atomic mass is 79.9. The van der Waals surface area contributed by atoms with E-state index in [9.17, 15) is 17.2 Å². The molecule has 108 valence electrons. The first-order valence-electron chi connectivity index (χ1n) is 5.50. The lowest BCUT2D eigenvalue weighted by molar-refractivity contribution is 0.243. The molecule has 0 bridgehead atoms. The van der Waals surface area contributed by atoms with Crippen LogP contribution in [0.25, 0.3) is 0 Å². The van der Waals surface area contributed by atoms with Gasteiger partial charge in [-0.15, -0.1) is 0 Å². The SMILES string of the molecule is CCC(COc1cc(Br)cc(F)c1F)CS(N)(=O)=O. The first kappa shape index (κ1) is 16.3. The van der Waals surface area contributed by atoms with E-state index in [1.807, 2.05) is 0 Å². The number of hydrogen-bond donors (Lipinski definition) is 1. The lowest BCUT2D eigenvalue weighted by atomic mass is 10.1. The van der Waals surface area contributed by atoms with Gasteiger partial charge in [-0.2, -0.15) is 4.39 Å². The van der Waals surface area contributed by atoms with Crippen LogP contribution in [-0.4, -0.2) is 20.8 Å².